The van der Waals surface area contributed by atoms with Crippen LogP contribution in [-0.2, 0) is 0 Å². The van der Waals surface area contributed by atoms with Crippen LogP contribution in [0.5, 0.6) is 0 Å². The fraction of sp³-hybridized carbons (Fsp3) is 0.130. The van der Waals surface area contributed by atoms with Crippen LogP contribution < -0.4 is 5.32 Å². The lowest BCUT2D eigenvalue weighted by atomic mass is 10.2. The lowest BCUT2D eigenvalue weighted by Crippen LogP contribution is -2.14. The summed E-state index contributed by atoms with van der Waals surface area (Å²) in [6.07, 6.45) is 9.06. The monoisotopic (exact) mass is 422 g/mol. The maximum absolute atomic E-state index is 12.9. The Morgan fingerprint density at radius 1 is 0.969 bits per heavy atom. The molecule has 4 heterocycles. The van der Waals surface area contributed by atoms with Gasteiger partial charge in [0.05, 0.1) is 5.69 Å². The number of rotatable bonds is 5. The fourth-order valence-corrected chi connectivity index (χ4v) is 3.73. The van der Waals surface area contributed by atoms with Crippen molar-refractivity contribution in [2.45, 2.75) is 18.9 Å². The van der Waals surface area contributed by atoms with Crippen LogP contribution in [-0.4, -0.2) is 40.2 Å². The average Bonchev–Trinajstić information content (AvgIpc) is 3.39. The highest BCUT2D eigenvalue weighted by atomic mass is 16.1. The smallest absolute Gasteiger partial charge is 0.274 e. The molecule has 32 heavy (non-hydrogen) atoms. The number of pyridine rings is 2. The minimum absolute atomic E-state index is 0.298. The second-order valence-corrected chi connectivity index (χ2v) is 7.69. The van der Waals surface area contributed by atoms with Gasteiger partial charge < -0.3 is 9.88 Å². The van der Waals surface area contributed by atoms with Gasteiger partial charge in [-0.2, -0.15) is 0 Å². The molecular formula is C23H18N8O. The van der Waals surface area contributed by atoms with Crippen molar-refractivity contribution in [3.63, 3.8) is 0 Å². The predicted octanol–water partition coefficient (Wildman–Crippen LogP) is 3.66. The molecule has 0 unspecified atom stereocenters. The highest BCUT2D eigenvalue weighted by molar-refractivity contribution is 6.03. The van der Waals surface area contributed by atoms with Gasteiger partial charge in [0.15, 0.2) is 11.5 Å². The van der Waals surface area contributed by atoms with E-state index in [1.54, 1.807) is 31.1 Å². The van der Waals surface area contributed by atoms with E-state index in [1.165, 1.54) is 0 Å². The summed E-state index contributed by atoms with van der Waals surface area (Å²) in [6.45, 7) is 0. The molecule has 1 N–H and O–H groups in total. The normalized spacial score (nSPS) is 13.4. The van der Waals surface area contributed by atoms with Crippen molar-refractivity contribution in [2.75, 3.05) is 5.32 Å². The van der Waals surface area contributed by atoms with Crippen LogP contribution in [0.3, 0.4) is 0 Å². The van der Waals surface area contributed by atoms with E-state index < -0.39 is 0 Å². The van der Waals surface area contributed by atoms with Gasteiger partial charge in [0.2, 0.25) is 0 Å². The van der Waals surface area contributed by atoms with Gasteiger partial charge in [-0.05, 0) is 49.2 Å². The summed E-state index contributed by atoms with van der Waals surface area (Å²) in [5.41, 5.74) is 4.14. The molecule has 5 aromatic rings. The first-order chi connectivity index (χ1) is 15.8. The number of carbonyl (C=O) groups excluding carboxylic acids is 1. The zero-order valence-corrected chi connectivity index (χ0v) is 17.0. The Morgan fingerprint density at radius 3 is 2.81 bits per heavy atom. The molecule has 1 aliphatic carbocycles. The van der Waals surface area contributed by atoms with Gasteiger partial charge in [-0.1, -0.05) is 12.1 Å². The number of nitrogens with one attached hydrogen (secondary N) is 1. The third-order valence-electron chi connectivity index (χ3n) is 5.45. The summed E-state index contributed by atoms with van der Waals surface area (Å²) < 4.78 is 3.93. The van der Waals surface area contributed by atoms with Crippen molar-refractivity contribution < 1.29 is 4.79 Å². The molecule has 9 nitrogen and oxygen atoms in total. The maximum atomic E-state index is 12.9. The summed E-state index contributed by atoms with van der Waals surface area (Å²) in [5.74, 6) is 0.508. The second-order valence-electron chi connectivity index (χ2n) is 7.69. The molecule has 1 aromatic carbocycles. The first-order valence-corrected chi connectivity index (χ1v) is 10.3. The van der Waals surface area contributed by atoms with E-state index in [9.17, 15) is 4.79 Å². The SMILES string of the molecule is O=C(Nc1cccc(-c2nncn2C2CC2)c1)c1cc(-n2cnc3cccnc32)ccn1. The number of carbonyl (C=O) groups is 1. The largest absolute Gasteiger partial charge is 0.321 e. The predicted molar refractivity (Wildman–Crippen MR) is 118 cm³/mol. The number of hydrogen-bond acceptors (Lipinski definition) is 6. The number of amides is 1. The van der Waals surface area contributed by atoms with Gasteiger partial charge in [0.1, 0.15) is 23.9 Å². The van der Waals surface area contributed by atoms with Crippen LogP contribution in [0, 0.1) is 0 Å². The van der Waals surface area contributed by atoms with Gasteiger partial charge in [0.25, 0.3) is 5.91 Å². The molecule has 0 atom stereocenters. The number of aromatic nitrogens is 7. The summed E-state index contributed by atoms with van der Waals surface area (Å²) in [5, 5.41) is 11.3. The van der Waals surface area contributed by atoms with Crippen LogP contribution >= 0.6 is 0 Å². The van der Waals surface area contributed by atoms with Crippen LogP contribution in [0.25, 0.3) is 28.2 Å². The molecule has 1 fully saturated rings. The Kier molecular flexibility index (Phi) is 4.24. The molecule has 0 bridgehead atoms. The molecule has 1 amide bonds. The van der Waals surface area contributed by atoms with Crippen LogP contribution in [0.4, 0.5) is 5.69 Å². The van der Waals surface area contributed by atoms with E-state index in [2.05, 4.69) is 35.0 Å². The summed E-state index contributed by atoms with van der Waals surface area (Å²) in [4.78, 5) is 25.9. The molecule has 0 spiro atoms. The Labute approximate surface area is 182 Å². The zero-order chi connectivity index (χ0) is 21.5. The summed E-state index contributed by atoms with van der Waals surface area (Å²) in [6, 6.07) is 15.3. The molecule has 0 aliphatic heterocycles. The Morgan fingerprint density at radius 2 is 1.91 bits per heavy atom. The lowest BCUT2D eigenvalue weighted by Gasteiger charge is -2.09. The Bertz CT molecular complexity index is 1450. The number of imidazole rings is 1. The van der Waals surface area contributed by atoms with Crippen molar-refractivity contribution in [1.29, 1.82) is 0 Å². The topological polar surface area (TPSA) is 103 Å². The number of anilines is 1. The first-order valence-electron chi connectivity index (χ1n) is 10.3. The van der Waals surface area contributed by atoms with E-state index in [1.807, 2.05) is 47.0 Å². The van der Waals surface area contributed by atoms with Crippen molar-refractivity contribution in [3.8, 4) is 17.1 Å². The minimum Gasteiger partial charge on any atom is -0.321 e. The lowest BCUT2D eigenvalue weighted by molar-refractivity contribution is 0.102. The van der Waals surface area contributed by atoms with Crippen molar-refractivity contribution in [1.82, 2.24) is 34.3 Å². The number of hydrogen-bond donors (Lipinski definition) is 1. The van der Waals surface area contributed by atoms with Crippen molar-refractivity contribution in [3.05, 3.63) is 79.3 Å². The van der Waals surface area contributed by atoms with Gasteiger partial charge in [0, 0.05) is 29.7 Å². The molecule has 0 saturated heterocycles. The summed E-state index contributed by atoms with van der Waals surface area (Å²) in [7, 11) is 0. The molecule has 1 aliphatic rings. The fourth-order valence-electron chi connectivity index (χ4n) is 3.73. The van der Waals surface area contributed by atoms with Gasteiger partial charge in [-0.15, -0.1) is 10.2 Å². The Hall–Kier alpha value is -4.40. The maximum Gasteiger partial charge on any atom is 0.274 e. The second kappa shape index (κ2) is 7.38. The molecule has 9 heteroatoms. The van der Waals surface area contributed by atoms with E-state index >= 15 is 0 Å². The van der Waals surface area contributed by atoms with E-state index in [-0.39, 0.29) is 5.91 Å². The third kappa shape index (κ3) is 3.29. The number of benzene rings is 1. The molecule has 4 aromatic heterocycles. The van der Waals surface area contributed by atoms with E-state index in [0.29, 0.717) is 17.4 Å². The minimum atomic E-state index is -0.301. The highest BCUT2D eigenvalue weighted by Gasteiger charge is 2.26. The van der Waals surface area contributed by atoms with Crippen LogP contribution in [0.2, 0.25) is 0 Å². The van der Waals surface area contributed by atoms with Crippen LogP contribution in [0.15, 0.2) is 73.6 Å². The number of fused-ring (bicyclic) bond motifs is 1. The first kappa shape index (κ1) is 18.4. The van der Waals surface area contributed by atoms with Crippen LogP contribution in [0.1, 0.15) is 29.4 Å². The molecule has 156 valence electrons. The zero-order valence-electron chi connectivity index (χ0n) is 17.0. The number of nitrogens with zero attached hydrogens (tertiary/aromatic N) is 7. The van der Waals surface area contributed by atoms with Crippen molar-refractivity contribution in [2.24, 2.45) is 0 Å². The average molecular weight is 422 g/mol. The molecule has 1 saturated carbocycles. The van der Waals surface area contributed by atoms with E-state index in [4.69, 9.17) is 0 Å². The Balaban J connectivity index is 1.27. The quantitative estimate of drug-likeness (QED) is 0.464. The highest BCUT2D eigenvalue weighted by Crippen LogP contribution is 2.37. The standard InChI is InChI=1S/C23H18N8O/c32-23(20-12-18(8-10-24-20)30-13-26-19-5-2-9-25-22(19)30)28-16-4-1-3-15(11-16)21-29-27-14-31(21)17-6-7-17/h1-5,8-14,17H,6-7H2,(H,28,32). The van der Waals surface area contributed by atoms with Gasteiger partial charge in [-0.3, -0.25) is 14.3 Å². The molecule has 0 radical (unpaired) electrons. The van der Waals surface area contributed by atoms with Gasteiger partial charge in [-0.25, -0.2) is 9.97 Å². The molecule has 6 rings (SSSR count). The summed E-state index contributed by atoms with van der Waals surface area (Å²) >= 11 is 0. The van der Waals surface area contributed by atoms with Crippen molar-refractivity contribution >= 4 is 22.8 Å². The molecular weight excluding hydrogens is 404 g/mol. The van der Waals surface area contributed by atoms with Gasteiger partial charge >= 0.3 is 0 Å². The third-order valence-corrected chi connectivity index (χ3v) is 5.45. The van der Waals surface area contributed by atoms with E-state index in [0.717, 1.165) is 41.1 Å².